The van der Waals surface area contributed by atoms with Gasteiger partial charge < -0.3 is 11.1 Å². The van der Waals surface area contributed by atoms with E-state index < -0.39 is 0 Å². The third-order valence-corrected chi connectivity index (χ3v) is 5.95. The number of nitrogens with two attached hydrogens (primary N) is 1. The molecule has 5 nitrogen and oxygen atoms in total. The maximum Gasteiger partial charge on any atom is 0.238 e. The van der Waals surface area contributed by atoms with Gasteiger partial charge in [0.2, 0.25) is 11.8 Å². The predicted octanol–water partition coefficient (Wildman–Crippen LogP) is 2.47. The molecule has 24 heavy (non-hydrogen) atoms. The Balaban J connectivity index is 1.68. The molecule has 3 atom stereocenters. The highest BCUT2D eigenvalue weighted by molar-refractivity contribution is 7.98. The number of amides is 2. The summed E-state index contributed by atoms with van der Waals surface area (Å²) in [7, 11) is 0. The number of thioether (sulfide) groups is 1. The van der Waals surface area contributed by atoms with Gasteiger partial charge in [0, 0.05) is 16.6 Å². The lowest BCUT2D eigenvalue weighted by atomic mass is 9.84. The fourth-order valence-electron chi connectivity index (χ4n) is 4.13. The summed E-state index contributed by atoms with van der Waals surface area (Å²) in [5, 5.41) is 2.95. The molecule has 1 aromatic rings. The Bertz CT molecular complexity index is 622. The van der Waals surface area contributed by atoms with Crippen LogP contribution in [-0.4, -0.2) is 41.6 Å². The number of carbonyl (C=O) groups excluding carboxylic acids is 2. The number of nitrogens with one attached hydrogen (secondary N) is 1. The zero-order chi connectivity index (χ0) is 17.1. The SMILES string of the molecule is CSc1cccc(NC(=O)CN2[C@H](C(N)=O)C[C@@H]3CCCC[C@@H]32)c1. The summed E-state index contributed by atoms with van der Waals surface area (Å²) in [5.74, 6) is 0.121. The van der Waals surface area contributed by atoms with Crippen LogP contribution in [0.4, 0.5) is 5.69 Å². The van der Waals surface area contributed by atoms with E-state index in [2.05, 4.69) is 5.32 Å². The van der Waals surface area contributed by atoms with Crippen LogP contribution in [0.2, 0.25) is 0 Å². The fraction of sp³-hybridized carbons (Fsp3) is 0.556. The minimum absolute atomic E-state index is 0.0780. The van der Waals surface area contributed by atoms with Crippen LogP contribution in [0.25, 0.3) is 0 Å². The van der Waals surface area contributed by atoms with Crippen molar-refractivity contribution < 1.29 is 9.59 Å². The Morgan fingerprint density at radius 2 is 2.12 bits per heavy atom. The molecule has 1 saturated carbocycles. The number of hydrogen-bond acceptors (Lipinski definition) is 4. The number of anilines is 1. The van der Waals surface area contributed by atoms with Crippen molar-refractivity contribution in [2.75, 3.05) is 18.1 Å². The van der Waals surface area contributed by atoms with Crippen LogP contribution >= 0.6 is 11.8 Å². The number of fused-ring (bicyclic) bond motifs is 1. The molecule has 6 heteroatoms. The van der Waals surface area contributed by atoms with Crippen molar-refractivity contribution in [3.8, 4) is 0 Å². The van der Waals surface area contributed by atoms with Gasteiger partial charge in [-0.2, -0.15) is 0 Å². The first kappa shape index (κ1) is 17.3. The predicted molar refractivity (Wildman–Crippen MR) is 96.9 cm³/mol. The molecule has 1 aliphatic carbocycles. The highest BCUT2D eigenvalue weighted by Gasteiger charge is 2.44. The lowest BCUT2D eigenvalue weighted by Crippen LogP contribution is -2.48. The van der Waals surface area contributed by atoms with Crippen molar-refractivity contribution >= 4 is 29.3 Å². The number of benzene rings is 1. The second kappa shape index (κ2) is 7.57. The van der Waals surface area contributed by atoms with Crippen molar-refractivity contribution in [1.29, 1.82) is 0 Å². The molecule has 1 saturated heterocycles. The van der Waals surface area contributed by atoms with E-state index in [9.17, 15) is 9.59 Å². The molecule has 1 aromatic carbocycles. The van der Waals surface area contributed by atoms with Crippen molar-refractivity contribution in [2.24, 2.45) is 11.7 Å². The van der Waals surface area contributed by atoms with Gasteiger partial charge in [-0.05, 0) is 49.6 Å². The van der Waals surface area contributed by atoms with Gasteiger partial charge in [0.15, 0.2) is 0 Å². The lowest BCUT2D eigenvalue weighted by Gasteiger charge is -2.32. The summed E-state index contributed by atoms with van der Waals surface area (Å²) < 4.78 is 0. The van der Waals surface area contributed by atoms with E-state index in [1.54, 1.807) is 11.8 Å². The van der Waals surface area contributed by atoms with Gasteiger partial charge in [0.05, 0.1) is 12.6 Å². The van der Waals surface area contributed by atoms with Crippen molar-refractivity contribution in [3.05, 3.63) is 24.3 Å². The summed E-state index contributed by atoms with van der Waals surface area (Å²) in [4.78, 5) is 27.5. The molecular weight excluding hydrogens is 322 g/mol. The molecule has 1 heterocycles. The largest absolute Gasteiger partial charge is 0.368 e. The van der Waals surface area contributed by atoms with Gasteiger partial charge in [-0.1, -0.05) is 18.9 Å². The second-order valence-corrected chi connectivity index (χ2v) is 7.60. The average Bonchev–Trinajstić information content (AvgIpc) is 2.94. The summed E-state index contributed by atoms with van der Waals surface area (Å²) in [6.45, 7) is 0.234. The van der Waals surface area contributed by atoms with Gasteiger partial charge in [0.25, 0.3) is 0 Å². The number of primary amides is 1. The summed E-state index contributed by atoms with van der Waals surface area (Å²) in [6.07, 6.45) is 7.39. The third-order valence-electron chi connectivity index (χ3n) is 5.23. The molecule has 0 unspecified atom stereocenters. The van der Waals surface area contributed by atoms with E-state index in [0.29, 0.717) is 12.0 Å². The first-order chi connectivity index (χ1) is 11.6. The molecule has 130 valence electrons. The van der Waals surface area contributed by atoms with Crippen LogP contribution in [0, 0.1) is 5.92 Å². The van der Waals surface area contributed by atoms with Crippen molar-refractivity contribution in [1.82, 2.24) is 4.90 Å². The molecule has 3 N–H and O–H groups in total. The summed E-state index contributed by atoms with van der Waals surface area (Å²) in [5.41, 5.74) is 6.39. The Kier molecular flexibility index (Phi) is 5.46. The van der Waals surface area contributed by atoms with Crippen LogP contribution in [0.1, 0.15) is 32.1 Å². The molecule has 2 amide bonds. The Hall–Kier alpha value is -1.53. The van der Waals surface area contributed by atoms with Gasteiger partial charge in [0.1, 0.15) is 0 Å². The van der Waals surface area contributed by atoms with E-state index in [1.807, 2.05) is 35.4 Å². The van der Waals surface area contributed by atoms with Crippen LogP contribution in [-0.2, 0) is 9.59 Å². The minimum Gasteiger partial charge on any atom is -0.368 e. The van der Waals surface area contributed by atoms with E-state index in [4.69, 9.17) is 5.73 Å². The smallest absolute Gasteiger partial charge is 0.238 e. The lowest BCUT2D eigenvalue weighted by molar-refractivity contribution is -0.124. The Labute approximate surface area is 147 Å². The first-order valence-corrected chi connectivity index (χ1v) is 9.80. The van der Waals surface area contributed by atoms with Gasteiger partial charge in [-0.25, -0.2) is 0 Å². The summed E-state index contributed by atoms with van der Waals surface area (Å²) in [6, 6.07) is 7.80. The quantitative estimate of drug-likeness (QED) is 0.802. The number of rotatable bonds is 5. The molecule has 0 radical (unpaired) electrons. The average molecular weight is 347 g/mol. The minimum atomic E-state index is -0.304. The van der Waals surface area contributed by atoms with E-state index in [0.717, 1.165) is 29.8 Å². The van der Waals surface area contributed by atoms with E-state index in [1.165, 1.54) is 12.8 Å². The van der Waals surface area contributed by atoms with E-state index in [-0.39, 0.29) is 24.4 Å². The number of hydrogen-bond donors (Lipinski definition) is 2. The maximum absolute atomic E-state index is 12.5. The third kappa shape index (κ3) is 3.75. The molecular formula is C18H25N3O2S. The Morgan fingerprint density at radius 3 is 2.88 bits per heavy atom. The number of nitrogens with zero attached hydrogens (tertiary/aromatic N) is 1. The van der Waals surface area contributed by atoms with Crippen LogP contribution < -0.4 is 11.1 Å². The van der Waals surface area contributed by atoms with Crippen LogP contribution in [0.5, 0.6) is 0 Å². The Morgan fingerprint density at radius 1 is 1.33 bits per heavy atom. The van der Waals surface area contributed by atoms with Crippen molar-refractivity contribution in [3.63, 3.8) is 0 Å². The normalized spacial score (nSPS) is 26.8. The molecule has 2 fully saturated rings. The molecule has 0 spiro atoms. The van der Waals surface area contributed by atoms with Gasteiger partial charge in [-0.3, -0.25) is 14.5 Å². The second-order valence-electron chi connectivity index (χ2n) is 6.72. The molecule has 3 rings (SSSR count). The molecule has 2 aliphatic rings. The highest BCUT2D eigenvalue weighted by Crippen LogP contribution is 2.39. The summed E-state index contributed by atoms with van der Waals surface area (Å²) >= 11 is 1.64. The zero-order valence-electron chi connectivity index (χ0n) is 14.0. The molecule has 1 aliphatic heterocycles. The standard InChI is InChI=1S/C18H25N3O2S/c1-24-14-7-4-6-13(10-14)20-17(22)11-21-15-8-3-2-5-12(15)9-16(21)18(19)23/h4,6-7,10,12,15-16H,2-3,5,8-9,11H2,1H3,(H2,19,23)(H,20,22)/t12-,15-,16-/m0/s1. The first-order valence-electron chi connectivity index (χ1n) is 8.57. The van der Waals surface area contributed by atoms with Crippen LogP contribution in [0.3, 0.4) is 0 Å². The van der Waals surface area contributed by atoms with Crippen LogP contribution in [0.15, 0.2) is 29.2 Å². The molecule has 0 aromatic heterocycles. The molecule has 0 bridgehead atoms. The van der Waals surface area contributed by atoms with Gasteiger partial charge in [-0.15, -0.1) is 11.8 Å². The highest BCUT2D eigenvalue weighted by atomic mass is 32.2. The topological polar surface area (TPSA) is 75.4 Å². The fourth-order valence-corrected chi connectivity index (χ4v) is 4.59. The maximum atomic E-state index is 12.5. The number of carbonyl (C=O) groups is 2. The van der Waals surface area contributed by atoms with Crippen molar-refractivity contribution in [2.45, 2.75) is 49.1 Å². The zero-order valence-corrected chi connectivity index (χ0v) is 14.8. The van der Waals surface area contributed by atoms with E-state index >= 15 is 0 Å². The number of likely N-dealkylation sites (tertiary alicyclic amines) is 1. The van der Waals surface area contributed by atoms with Gasteiger partial charge >= 0.3 is 0 Å². The monoisotopic (exact) mass is 347 g/mol.